The van der Waals surface area contributed by atoms with Gasteiger partial charge in [0.2, 0.25) is 0 Å². The van der Waals surface area contributed by atoms with Gasteiger partial charge < -0.3 is 15.4 Å². The van der Waals surface area contributed by atoms with Gasteiger partial charge >= 0.3 is 12.0 Å². The number of amides is 2. The first-order valence-electron chi connectivity index (χ1n) is 5.69. The third-order valence-electron chi connectivity index (χ3n) is 2.47. The topological polar surface area (TPSA) is 85.2 Å². The van der Waals surface area contributed by atoms with Gasteiger partial charge in [-0.1, -0.05) is 0 Å². The predicted octanol–water partition coefficient (Wildman–Crippen LogP) is 0.0908. The molecule has 0 unspecified atom stereocenters. The van der Waals surface area contributed by atoms with Crippen molar-refractivity contribution in [1.29, 1.82) is 0 Å². The van der Waals surface area contributed by atoms with Gasteiger partial charge in [0, 0.05) is 24.8 Å². The van der Waals surface area contributed by atoms with E-state index in [1.165, 1.54) is 0 Å². The molecule has 1 aromatic rings. The maximum atomic E-state index is 11.4. The number of hydrogen-bond acceptors (Lipinski definition) is 4. The van der Waals surface area contributed by atoms with Crippen molar-refractivity contribution in [3.63, 3.8) is 0 Å². The van der Waals surface area contributed by atoms with Gasteiger partial charge in [0.25, 0.3) is 0 Å². The minimum Gasteiger partial charge on any atom is -0.465 e. The molecule has 0 aliphatic rings. The quantitative estimate of drug-likeness (QED) is 0.729. The van der Waals surface area contributed by atoms with Crippen LogP contribution in [0.5, 0.6) is 0 Å². The summed E-state index contributed by atoms with van der Waals surface area (Å²) < 4.78 is 6.41. The van der Waals surface area contributed by atoms with Crippen molar-refractivity contribution in [3.05, 3.63) is 17.5 Å². The second-order valence-corrected chi connectivity index (χ2v) is 3.72. The first-order chi connectivity index (χ1) is 8.54. The Bertz CT molecular complexity index is 428. The first-order valence-corrected chi connectivity index (χ1v) is 5.69. The van der Waals surface area contributed by atoms with Crippen LogP contribution in [0, 0.1) is 6.92 Å². The minimum atomic E-state index is -0.454. The van der Waals surface area contributed by atoms with E-state index >= 15 is 0 Å². The van der Waals surface area contributed by atoms with Crippen molar-refractivity contribution >= 4 is 12.0 Å². The molecule has 100 valence electrons. The molecule has 2 amide bonds. The Kier molecular flexibility index (Phi) is 5.16. The van der Waals surface area contributed by atoms with Crippen LogP contribution in [-0.4, -0.2) is 34.9 Å². The van der Waals surface area contributed by atoms with Crippen LogP contribution >= 0.6 is 0 Å². The van der Waals surface area contributed by atoms with Crippen molar-refractivity contribution in [2.24, 2.45) is 7.05 Å². The molecule has 0 aliphatic heterocycles. The zero-order valence-electron chi connectivity index (χ0n) is 10.8. The molecule has 1 rings (SSSR count). The number of rotatable bonds is 5. The second kappa shape index (κ2) is 6.63. The summed E-state index contributed by atoms with van der Waals surface area (Å²) in [5.41, 5.74) is 1.92. The maximum absolute atomic E-state index is 11.4. The molecular formula is C11H18N4O3. The molecule has 0 aromatic carbocycles. The predicted molar refractivity (Wildman–Crippen MR) is 64.8 cm³/mol. The van der Waals surface area contributed by atoms with Crippen molar-refractivity contribution in [2.45, 2.75) is 20.4 Å². The number of hydrogen-bond donors (Lipinski definition) is 2. The molecule has 18 heavy (non-hydrogen) atoms. The number of urea groups is 1. The Morgan fingerprint density at radius 1 is 1.44 bits per heavy atom. The SMILES string of the molecule is CCOC(=O)CNC(=O)NCc1cnn(C)c1C. The van der Waals surface area contributed by atoms with Crippen molar-refractivity contribution in [1.82, 2.24) is 20.4 Å². The molecule has 2 N–H and O–H groups in total. The maximum Gasteiger partial charge on any atom is 0.325 e. The third kappa shape index (κ3) is 4.08. The molecule has 1 heterocycles. The molecule has 0 bridgehead atoms. The molecule has 0 radical (unpaired) electrons. The molecule has 0 atom stereocenters. The summed E-state index contributed by atoms with van der Waals surface area (Å²) >= 11 is 0. The standard InChI is InChI=1S/C11H18N4O3/c1-4-18-10(16)7-13-11(17)12-5-9-6-14-15(3)8(9)2/h6H,4-5,7H2,1-3H3,(H2,12,13,17). The van der Waals surface area contributed by atoms with Gasteiger partial charge in [-0.3, -0.25) is 9.48 Å². The van der Waals surface area contributed by atoms with E-state index in [1.807, 2.05) is 14.0 Å². The Balaban J connectivity index is 2.29. The summed E-state index contributed by atoms with van der Waals surface area (Å²) in [6.45, 7) is 4.17. The number of carbonyl (C=O) groups is 2. The highest BCUT2D eigenvalue weighted by molar-refractivity contribution is 5.80. The Labute approximate surface area is 105 Å². The molecule has 7 heteroatoms. The lowest BCUT2D eigenvalue weighted by Gasteiger charge is -2.07. The zero-order chi connectivity index (χ0) is 13.5. The van der Waals surface area contributed by atoms with Gasteiger partial charge in [-0.2, -0.15) is 5.10 Å². The van der Waals surface area contributed by atoms with Crippen LogP contribution in [0.2, 0.25) is 0 Å². The zero-order valence-corrected chi connectivity index (χ0v) is 10.8. The van der Waals surface area contributed by atoms with Crippen LogP contribution in [0.1, 0.15) is 18.2 Å². The van der Waals surface area contributed by atoms with Gasteiger partial charge in [-0.15, -0.1) is 0 Å². The number of nitrogens with one attached hydrogen (secondary N) is 2. The van der Waals surface area contributed by atoms with E-state index in [9.17, 15) is 9.59 Å². The van der Waals surface area contributed by atoms with Crippen LogP contribution in [0.3, 0.4) is 0 Å². The Morgan fingerprint density at radius 2 is 2.17 bits per heavy atom. The third-order valence-corrected chi connectivity index (χ3v) is 2.47. The molecule has 0 saturated carbocycles. The summed E-state index contributed by atoms with van der Waals surface area (Å²) in [4.78, 5) is 22.4. The minimum absolute atomic E-state index is 0.133. The van der Waals surface area contributed by atoms with Crippen LogP contribution in [-0.2, 0) is 23.1 Å². The summed E-state index contributed by atoms with van der Waals surface area (Å²) in [7, 11) is 1.83. The average Bonchev–Trinajstić information content (AvgIpc) is 2.65. The van der Waals surface area contributed by atoms with Crippen molar-refractivity contribution in [3.8, 4) is 0 Å². The van der Waals surface area contributed by atoms with E-state index < -0.39 is 12.0 Å². The smallest absolute Gasteiger partial charge is 0.325 e. The van der Waals surface area contributed by atoms with Crippen LogP contribution in [0.4, 0.5) is 4.79 Å². The van der Waals surface area contributed by atoms with E-state index in [0.717, 1.165) is 11.3 Å². The second-order valence-electron chi connectivity index (χ2n) is 3.72. The van der Waals surface area contributed by atoms with Gasteiger partial charge in [0.1, 0.15) is 6.54 Å². The van der Waals surface area contributed by atoms with Gasteiger partial charge in [0.05, 0.1) is 12.8 Å². The Morgan fingerprint density at radius 3 is 2.72 bits per heavy atom. The number of aryl methyl sites for hydroxylation is 1. The van der Waals surface area contributed by atoms with Crippen LogP contribution in [0.15, 0.2) is 6.20 Å². The number of aromatic nitrogens is 2. The fourth-order valence-electron chi connectivity index (χ4n) is 1.32. The lowest BCUT2D eigenvalue weighted by Crippen LogP contribution is -2.38. The average molecular weight is 254 g/mol. The van der Waals surface area contributed by atoms with E-state index in [4.69, 9.17) is 0 Å². The molecule has 0 spiro atoms. The van der Waals surface area contributed by atoms with E-state index in [1.54, 1.807) is 17.8 Å². The Hall–Kier alpha value is -2.05. The number of ether oxygens (including phenoxy) is 1. The highest BCUT2D eigenvalue weighted by Crippen LogP contribution is 2.04. The molecule has 0 aliphatic carbocycles. The number of nitrogens with zero attached hydrogens (tertiary/aromatic N) is 2. The normalized spacial score (nSPS) is 9.94. The van der Waals surface area contributed by atoms with Gasteiger partial charge in [-0.25, -0.2) is 4.79 Å². The molecule has 7 nitrogen and oxygen atoms in total. The lowest BCUT2D eigenvalue weighted by atomic mass is 10.2. The summed E-state index contributed by atoms with van der Waals surface area (Å²) in [5, 5.41) is 9.11. The monoisotopic (exact) mass is 254 g/mol. The highest BCUT2D eigenvalue weighted by atomic mass is 16.5. The molecule has 0 fully saturated rings. The van der Waals surface area contributed by atoms with E-state index in [0.29, 0.717) is 13.2 Å². The van der Waals surface area contributed by atoms with Crippen molar-refractivity contribution in [2.75, 3.05) is 13.2 Å². The fraction of sp³-hybridized carbons (Fsp3) is 0.545. The van der Waals surface area contributed by atoms with Crippen molar-refractivity contribution < 1.29 is 14.3 Å². The largest absolute Gasteiger partial charge is 0.465 e. The van der Waals surface area contributed by atoms with E-state index in [2.05, 4.69) is 20.5 Å². The summed E-state index contributed by atoms with van der Waals surface area (Å²) in [6.07, 6.45) is 1.70. The number of esters is 1. The molecule has 0 saturated heterocycles. The highest BCUT2D eigenvalue weighted by Gasteiger charge is 2.07. The lowest BCUT2D eigenvalue weighted by molar-refractivity contribution is -0.141. The summed E-state index contributed by atoms with van der Waals surface area (Å²) in [5.74, 6) is -0.454. The van der Waals surface area contributed by atoms with E-state index in [-0.39, 0.29) is 6.54 Å². The van der Waals surface area contributed by atoms with Crippen LogP contribution in [0.25, 0.3) is 0 Å². The molecule has 1 aromatic heterocycles. The summed E-state index contributed by atoms with van der Waals surface area (Å²) in [6, 6.07) is -0.411. The first kappa shape index (κ1) is 14.0. The van der Waals surface area contributed by atoms with Crippen LogP contribution < -0.4 is 10.6 Å². The number of carbonyl (C=O) groups excluding carboxylic acids is 2. The van der Waals surface area contributed by atoms with Gasteiger partial charge in [-0.05, 0) is 13.8 Å². The fourth-order valence-corrected chi connectivity index (χ4v) is 1.32. The van der Waals surface area contributed by atoms with Gasteiger partial charge in [0.15, 0.2) is 0 Å². The molecular weight excluding hydrogens is 236 g/mol.